The quantitative estimate of drug-likeness (QED) is 0.795. The Kier molecular flexibility index (Phi) is 5.83. The van der Waals surface area contributed by atoms with Crippen molar-refractivity contribution in [1.82, 2.24) is 20.1 Å². The summed E-state index contributed by atoms with van der Waals surface area (Å²) in [6.45, 7) is 7.28. The first kappa shape index (κ1) is 18.0. The number of hydrogen-bond acceptors (Lipinski definition) is 5. The fourth-order valence-electron chi connectivity index (χ4n) is 3.43. The maximum absolute atomic E-state index is 12.4. The third-order valence-electron chi connectivity index (χ3n) is 5.16. The fourth-order valence-corrected chi connectivity index (χ4v) is 4.25. The zero-order chi connectivity index (χ0) is 17.8. The molecule has 7 heteroatoms. The molecule has 0 bridgehead atoms. The third-order valence-corrected chi connectivity index (χ3v) is 6.13. The van der Waals surface area contributed by atoms with Crippen LogP contribution in [0.1, 0.15) is 40.0 Å². The molecule has 3 rings (SSSR count). The number of nitrogens with one attached hydrogen (secondary N) is 1. The molecule has 136 valence electrons. The van der Waals surface area contributed by atoms with E-state index in [4.69, 9.17) is 4.42 Å². The van der Waals surface area contributed by atoms with Gasteiger partial charge in [-0.05, 0) is 37.3 Å². The van der Waals surface area contributed by atoms with Gasteiger partial charge in [-0.3, -0.25) is 9.36 Å². The van der Waals surface area contributed by atoms with Gasteiger partial charge in [-0.25, -0.2) is 0 Å². The maximum Gasteiger partial charge on any atom is 0.230 e. The first-order valence-electron chi connectivity index (χ1n) is 8.99. The van der Waals surface area contributed by atoms with Gasteiger partial charge in [0, 0.05) is 12.6 Å². The number of rotatable bonds is 6. The minimum atomic E-state index is 0.0705. The number of hydrogen-bond donors (Lipinski definition) is 1. The molecule has 1 fully saturated rings. The average molecular weight is 362 g/mol. The molecule has 1 aliphatic rings. The van der Waals surface area contributed by atoms with Crippen LogP contribution in [0.2, 0.25) is 0 Å². The summed E-state index contributed by atoms with van der Waals surface area (Å²) in [5.41, 5.74) is 0. The maximum atomic E-state index is 12.4. The van der Waals surface area contributed by atoms with E-state index in [9.17, 15) is 4.79 Å². The number of carbonyl (C=O) groups is 1. The van der Waals surface area contributed by atoms with Crippen molar-refractivity contribution in [3.8, 4) is 11.6 Å². The van der Waals surface area contributed by atoms with E-state index in [1.807, 2.05) is 23.6 Å². The molecule has 6 nitrogen and oxygen atoms in total. The van der Waals surface area contributed by atoms with Gasteiger partial charge in [0.1, 0.15) is 0 Å². The second-order valence-electron chi connectivity index (χ2n) is 6.76. The summed E-state index contributed by atoms with van der Waals surface area (Å²) in [7, 11) is 0. The van der Waals surface area contributed by atoms with Crippen molar-refractivity contribution in [2.45, 2.75) is 57.8 Å². The van der Waals surface area contributed by atoms with Gasteiger partial charge in [0.15, 0.2) is 16.7 Å². The standard InChI is InChI=1S/C18H26N4O2S/c1-4-22-17(15-9-6-10-24-15)20-21-18(22)25-11-16(23)19-14-8-5-7-12(2)13(14)3/h6,9-10,12-14H,4-5,7-8,11H2,1-3H3,(H,19,23)/t12-,13+,14-/m1/s1. The van der Waals surface area contributed by atoms with Crippen molar-refractivity contribution in [1.29, 1.82) is 0 Å². The predicted octanol–water partition coefficient (Wildman–Crippen LogP) is 3.59. The van der Waals surface area contributed by atoms with Gasteiger partial charge in [0.05, 0.1) is 12.0 Å². The summed E-state index contributed by atoms with van der Waals surface area (Å²) in [6.07, 6.45) is 5.16. The lowest BCUT2D eigenvalue weighted by molar-refractivity contribution is -0.120. The summed E-state index contributed by atoms with van der Waals surface area (Å²) in [5.74, 6) is 3.02. The van der Waals surface area contributed by atoms with Gasteiger partial charge >= 0.3 is 0 Å². The Morgan fingerprint density at radius 2 is 2.24 bits per heavy atom. The number of aromatic nitrogens is 3. The topological polar surface area (TPSA) is 73.0 Å². The van der Waals surface area contributed by atoms with E-state index in [1.54, 1.807) is 6.26 Å². The molecule has 1 N–H and O–H groups in total. The zero-order valence-electron chi connectivity index (χ0n) is 15.1. The van der Waals surface area contributed by atoms with Crippen molar-refractivity contribution < 1.29 is 9.21 Å². The molecule has 25 heavy (non-hydrogen) atoms. The summed E-state index contributed by atoms with van der Waals surface area (Å²) < 4.78 is 7.39. The molecular weight excluding hydrogens is 336 g/mol. The van der Waals surface area contributed by atoms with Gasteiger partial charge in [-0.2, -0.15) is 0 Å². The number of amides is 1. The van der Waals surface area contributed by atoms with E-state index in [2.05, 4.69) is 29.4 Å². The van der Waals surface area contributed by atoms with Crippen LogP contribution in [-0.2, 0) is 11.3 Å². The van der Waals surface area contributed by atoms with Gasteiger partial charge in [-0.15, -0.1) is 10.2 Å². The molecule has 0 unspecified atom stereocenters. The van der Waals surface area contributed by atoms with Gasteiger partial charge in [0.2, 0.25) is 5.91 Å². The van der Waals surface area contributed by atoms with Crippen LogP contribution in [0.5, 0.6) is 0 Å². The Labute approximate surface area is 152 Å². The Bertz CT molecular complexity index is 698. The minimum Gasteiger partial charge on any atom is -0.461 e. The van der Waals surface area contributed by atoms with Gasteiger partial charge in [-0.1, -0.05) is 38.5 Å². The molecule has 1 saturated carbocycles. The Morgan fingerprint density at radius 3 is 2.96 bits per heavy atom. The van der Waals surface area contributed by atoms with E-state index >= 15 is 0 Å². The first-order valence-corrected chi connectivity index (χ1v) is 9.98. The summed E-state index contributed by atoms with van der Waals surface area (Å²) in [4.78, 5) is 12.4. The zero-order valence-corrected chi connectivity index (χ0v) is 15.9. The van der Waals surface area contributed by atoms with Gasteiger partial charge < -0.3 is 9.73 Å². The molecule has 0 spiro atoms. The molecule has 1 amide bonds. The number of furan rings is 1. The lowest BCUT2D eigenvalue weighted by atomic mass is 9.78. The number of carbonyl (C=O) groups excluding carboxylic acids is 1. The van der Waals surface area contributed by atoms with Crippen LogP contribution in [0.3, 0.4) is 0 Å². The molecule has 0 aliphatic heterocycles. The molecular formula is C18H26N4O2S. The third kappa shape index (κ3) is 4.08. The molecule has 1 aliphatic carbocycles. The van der Waals surface area contributed by atoms with E-state index in [-0.39, 0.29) is 5.91 Å². The van der Waals surface area contributed by atoms with Crippen molar-refractivity contribution in [3.63, 3.8) is 0 Å². The van der Waals surface area contributed by atoms with Crippen molar-refractivity contribution in [2.24, 2.45) is 11.8 Å². The molecule has 0 aromatic carbocycles. The molecule has 0 saturated heterocycles. The normalized spacial score (nSPS) is 23.6. The second-order valence-corrected chi connectivity index (χ2v) is 7.70. The van der Waals surface area contributed by atoms with Crippen LogP contribution in [0.25, 0.3) is 11.6 Å². The number of thioether (sulfide) groups is 1. The highest BCUT2D eigenvalue weighted by Crippen LogP contribution is 2.30. The SMILES string of the molecule is CCn1c(SCC(=O)N[C@@H]2CCC[C@@H](C)[C@@H]2C)nnc1-c1ccco1. The van der Waals surface area contributed by atoms with Gasteiger partial charge in [0.25, 0.3) is 0 Å². The Hall–Kier alpha value is -1.76. The van der Waals surface area contributed by atoms with E-state index in [1.165, 1.54) is 24.6 Å². The largest absolute Gasteiger partial charge is 0.461 e. The average Bonchev–Trinajstić information content (AvgIpc) is 3.25. The Morgan fingerprint density at radius 1 is 1.40 bits per heavy atom. The first-order chi connectivity index (χ1) is 12.1. The predicted molar refractivity (Wildman–Crippen MR) is 98.2 cm³/mol. The highest BCUT2D eigenvalue weighted by molar-refractivity contribution is 7.99. The van der Waals surface area contributed by atoms with Crippen molar-refractivity contribution in [3.05, 3.63) is 18.4 Å². The summed E-state index contributed by atoms with van der Waals surface area (Å²) >= 11 is 1.42. The lowest BCUT2D eigenvalue weighted by Crippen LogP contribution is -2.44. The minimum absolute atomic E-state index is 0.0705. The van der Waals surface area contributed by atoms with Crippen LogP contribution in [-0.4, -0.2) is 32.5 Å². The smallest absolute Gasteiger partial charge is 0.230 e. The van der Waals surface area contributed by atoms with Crippen molar-refractivity contribution in [2.75, 3.05) is 5.75 Å². The molecule has 2 aromatic heterocycles. The van der Waals surface area contributed by atoms with Crippen molar-refractivity contribution >= 4 is 17.7 Å². The highest BCUT2D eigenvalue weighted by Gasteiger charge is 2.28. The Balaban J connectivity index is 1.59. The molecule has 0 radical (unpaired) electrons. The fraction of sp³-hybridized carbons (Fsp3) is 0.611. The highest BCUT2D eigenvalue weighted by atomic mass is 32.2. The number of nitrogens with zero attached hydrogens (tertiary/aromatic N) is 3. The lowest BCUT2D eigenvalue weighted by Gasteiger charge is -2.34. The van der Waals surface area contributed by atoms with E-state index in [0.29, 0.717) is 35.2 Å². The molecule has 2 heterocycles. The van der Waals surface area contributed by atoms with Crippen LogP contribution in [0, 0.1) is 11.8 Å². The molecule has 2 aromatic rings. The summed E-state index contributed by atoms with van der Waals surface area (Å²) in [5, 5.41) is 12.4. The summed E-state index contributed by atoms with van der Waals surface area (Å²) in [6, 6.07) is 3.99. The second kappa shape index (κ2) is 8.08. The van der Waals surface area contributed by atoms with Crippen LogP contribution in [0.15, 0.2) is 28.0 Å². The van der Waals surface area contributed by atoms with Crippen LogP contribution >= 0.6 is 11.8 Å². The van der Waals surface area contributed by atoms with E-state index < -0.39 is 0 Å². The van der Waals surface area contributed by atoms with Crippen LogP contribution < -0.4 is 5.32 Å². The van der Waals surface area contributed by atoms with E-state index in [0.717, 1.165) is 18.1 Å². The van der Waals surface area contributed by atoms with Crippen LogP contribution in [0.4, 0.5) is 0 Å². The molecule has 3 atom stereocenters. The monoisotopic (exact) mass is 362 g/mol.